The van der Waals surface area contributed by atoms with Crippen LogP contribution in [0.25, 0.3) is 9.69 Å². The first-order valence-electron chi connectivity index (χ1n) is 4.74. The van der Waals surface area contributed by atoms with Crippen molar-refractivity contribution in [1.82, 2.24) is 0 Å². The molecule has 0 radical (unpaired) electrons. The van der Waals surface area contributed by atoms with Crippen molar-refractivity contribution in [3.63, 3.8) is 0 Å². The Morgan fingerprint density at radius 2 is 1.40 bits per heavy atom. The molecule has 0 rings (SSSR count). The Hall–Kier alpha value is -1.14. The first-order valence-corrected chi connectivity index (χ1v) is 4.74. The normalized spacial score (nSPS) is 9.87. The van der Waals surface area contributed by atoms with E-state index in [1.807, 2.05) is 6.92 Å². The van der Waals surface area contributed by atoms with E-state index in [0.29, 0.717) is 26.4 Å². The molecular weight excluding hydrogens is 196 g/mol. The van der Waals surface area contributed by atoms with Gasteiger partial charge < -0.3 is 14.2 Å². The van der Waals surface area contributed by atoms with Gasteiger partial charge in [0, 0.05) is 12.5 Å². The molecule has 0 aliphatic carbocycles. The highest BCUT2D eigenvalue weighted by Crippen LogP contribution is 2.00. The molecule has 15 heavy (non-hydrogen) atoms. The van der Waals surface area contributed by atoms with Crippen molar-refractivity contribution in [1.29, 1.82) is 0 Å². The third kappa shape index (κ3) is 9.17. The minimum Gasteiger partial charge on any atom is -0.381 e. The van der Waals surface area contributed by atoms with Crippen molar-refractivity contribution < 1.29 is 14.2 Å². The zero-order chi connectivity index (χ0) is 11.4. The highest BCUT2D eigenvalue weighted by molar-refractivity contribution is 4.58. The molecule has 0 heterocycles. The zero-order valence-corrected chi connectivity index (χ0v) is 8.94. The molecule has 0 aromatic heterocycles. The quantitative estimate of drug-likeness (QED) is 0.428. The molecule has 0 bridgehead atoms. The average molecular weight is 212 g/mol. The molecular formula is C10H16N2O3. The molecule has 0 aliphatic heterocycles. The summed E-state index contributed by atoms with van der Waals surface area (Å²) in [5, 5.41) is 0. The Bertz CT molecular complexity index is 200. The number of rotatable bonds is 9. The van der Waals surface area contributed by atoms with Gasteiger partial charge >= 0.3 is 13.5 Å². The number of hydrogen-bond acceptors (Lipinski definition) is 3. The lowest BCUT2D eigenvalue weighted by Gasteiger charge is -2.13. The summed E-state index contributed by atoms with van der Waals surface area (Å²) in [6.45, 7) is 17.2. The lowest BCUT2D eigenvalue weighted by atomic mass is 10.2. The number of hydrogen-bond donors (Lipinski definition) is 0. The Balaban J connectivity index is 3.64. The lowest BCUT2D eigenvalue weighted by molar-refractivity contribution is 0.00784. The SMILES string of the molecule is [C-]#[N+]COCC(COCC)COC[N+]#[C-]. The van der Waals surface area contributed by atoms with Gasteiger partial charge in [-0.05, 0) is 6.92 Å². The summed E-state index contributed by atoms with van der Waals surface area (Å²) in [5.41, 5.74) is 0. The molecule has 0 unspecified atom stereocenters. The van der Waals surface area contributed by atoms with E-state index in [0.717, 1.165) is 0 Å². The highest BCUT2D eigenvalue weighted by Gasteiger charge is 2.10. The van der Waals surface area contributed by atoms with Crippen LogP contribution in [-0.4, -0.2) is 39.9 Å². The summed E-state index contributed by atoms with van der Waals surface area (Å²) in [6, 6.07) is 0. The molecule has 0 aromatic rings. The van der Waals surface area contributed by atoms with E-state index in [-0.39, 0.29) is 19.4 Å². The van der Waals surface area contributed by atoms with E-state index in [1.165, 1.54) is 0 Å². The number of nitrogens with zero attached hydrogens (tertiary/aromatic N) is 2. The second-order valence-corrected chi connectivity index (χ2v) is 2.84. The zero-order valence-electron chi connectivity index (χ0n) is 8.94. The summed E-state index contributed by atoms with van der Waals surface area (Å²) in [6.07, 6.45) is 0. The smallest absolute Gasteiger partial charge is 0.318 e. The summed E-state index contributed by atoms with van der Waals surface area (Å²) >= 11 is 0. The monoisotopic (exact) mass is 212 g/mol. The van der Waals surface area contributed by atoms with Crippen LogP contribution in [0, 0.1) is 19.1 Å². The summed E-state index contributed by atoms with van der Waals surface area (Å²) in [7, 11) is 0. The van der Waals surface area contributed by atoms with Gasteiger partial charge in [0.25, 0.3) is 0 Å². The third-order valence-electron chi connectivity index (χ3n) is 1.58. The number of ether oxygens (including phenoxy) is 3. The summed E-state index contributed by atoms with van der Waals surface area (Å²) in [4.78, 5) is 6.16. The van der Waals surface area contributed by atoms with E-state index in [9.17, 15) is 0 Å². The molecule has 0 atom stereocenters. The summed E-state index contributed by atoms with van der Waals surface area (Å²) in [5.74, 6) is 0.0912. The van der Waals surface area contributed by atoms with Crippen LogP contribution in [0.15, 0.2) is 0 Å². The maximum absolute atomic E-state index is 6.55. The fourth-order valence-electron chi connectivity index (χ4n) is 0.959. The van der Waals surface area contributed by atoms with E-state index >= 15 is 0 Å². The van der Waals surface area contributed by atoms with Crippen molar-refractivity contribution in [2.24, 2.45) is 5.92 Å². The van der Waals surface area contributed by atoms with Crippen molar-refractivity contribution in [2.45, 2.75) is 6.92 Å². The van der Waals surface area contributed by atoms with E-state index < -0.39 is 0 Å². The van der Waals surface area contributed by atoms with E-state index in [1.54, 1.807) is 0 Å². The second kappa shape index (κ2) is 10.9. The van der Waals surface area contributed by atoms with Gasteiger partial charge in [0.15, 0.2) is 0 Å². The minimum atomic E-state index is 0.0610. The van der Waals surface area contributed by atoms with Crippen molar-refractivity contribution in [3.8, 4) is 0 Å². The standard InChI is InChI=1S/C10H16N2O3/c1-4-13-5-10(6-14-8-11-2)7-15-9-12-3/h10H,4-9H2,1H3. The van der Waals surface area contributed by atoms with Gasteiger partial charge in [-0.15, -0.1) is 0 Å². The van der Waals surface area contributed by atoms with E-state index in [2.05, 4.69) is 9.69 Å². The minimum absolute atomic E-state index is 0.0610. The first-order chi connectivity index (χ1) is 7.35. The molecule has 0 N–H and O–H groups in total. The van der Waals surface area contributed by atoms with Crippen LogP contribution >= 0.6 is 0 Å². The molecule has 84 valence electrons. The molecule has 0 fully saturated rings. The summed E-state index contributed by atoms with van der Waals surface area (Å²) < 4.78 is 15.4. The fourth-order valence-corrected chi connectivity index (χ4v) is 0.959. The van der Waals surface area contributed by atoms with Crippen LogP contribution in [0.5, 0.6) is 0 Å². The molecule has 0 spiro atoms. The Kier molecular flexibility index (Phi) is 10.1. The van der Waals surface area contributed by atoms with Crippen LogP contribution in [0.4, 0.5) is 0 Å². The van der Waals surface area contributed by atoms with Crippen molar-refractivity contribution in [2.75, 3.05) is 39.9 Å². The van der Waals surface area contributed by atoms with E-state index in [4.69, 9.17) is 27.4 Å². The van der Waals surface area contributed by atoms with Crippen molar-refractivity contribution in [3.05, 3.63) is 22.8 Å². The topological polar surface area (TPSA) is 36.4 Å². The van der Waals surface area contributed by atoms with Gasteiger partial charge in [-0.2, -0.15) is 0 Å². The molecule has 0 saturated heterocycles. The lowest BCUT2D eigenvalue weighted by Crippen LogP contribution is -2.21. The third-order valence-corrected chi connectivity index (χ3v) is 1.58. The molecule has 0 saturated carbocycles. The van der Waals surface area contributed by atoms with Gasteiger partial charge in [-0.1, -0.05) is 0 Å². The fraction of sp³-hybridized carbons (Fsp3) is 0.800. The first kappa shape index (κ1) is 13.9. The van der Waals surface area contributed by atoms with Crippen LogP contribution in [0.1, 0.15) is 6.92 Å². The van der Waals surface area contributed by atoms with Gasteiger partial charge in [0.05, 0.1) is 19.8 Å². The maximum Gasteiger partial charge on any atom is 0.318 e. The predicted octanol–water partition coefficient (Wildman–Crippen LogP) is 1.43. The van der Waals surface area contributed by atoms with Crippen LogP contribution in [-0.2, 0) is 14.2 Å². The predicted molar refractivity (Wildman–Crippen MR) is 54.8 cm³/mol. The molecule has 0 aromatic carbocycles. The Labute approximate surface area is 90.6 Å². The Morgan fingerprint density at radius 1 is 0.933 bits per heavy atom. The Morgan fingerprint density at radius 3 is 1.80 bits per heavy atom. The van der Waals surface area contributed by atoms with Crippen LogP contribution < -0.4 is 0 Å². The average Bonchev–Trinajstić information content (AvgIpc) is 2.25. The molecule has 5 nitrogen and oxygen atoms in total. The molecule has 0 aliphatic rings. The van der Waals surface area contributed by atoms with Gasteiger partial charge in [-0.3, -0.25) is 9.69 Å². The van der Waals surface area contributed by atoms with Crippen LogP contribution in [0.3, 0.4) is 0 Å². The van der Waals surface area contributed by atoms with Crippen LogP contribution in [0.2, 0.25) is 0 Å². The molecule has 0 amide bonds. The second-order valence-electron chi connectivity index (χ2n) is 2.84. The molecule has 5 heteroatoms. The van der Waals surface area contributed by atoms with Crippen molar-refractivity contribution >= 4 is 0 Å². The maximum atomic E-state index is 6.55. The van der Waals surface area contributed by atoms with Gasteiger partial charge in [0.2, 0.25) is 0 Å². The largest absolute Gasteiger partial charge is 0.381 e. The highest BCUT2D eigenvalue weighted by atomic mass is 16.5. The van der Waals surface area contributed by atoms with Gasteiger partial charge in [-0.25, -0.2) is 13.1 Å². The van der Waals surface area contributed by atoms with Gasteiger partial charge in [0.1, 0.15) is 0 Å².